The van der Waals surface area contributed by atoms with Gasteiger partial charge in [0.05, 0.1) is 6.54 Å². The van der Waals surface area contributed by atoms with Crippen LogP contribution in [-0.2, 0) is 6.54 Å². The van der Waals surface area contributed by atoms with E-state index in [9.17, 15) is 4.79 Å². The second-order valence-electron chi connectivity index (χ2n) is 6.24. The molecule has 0 aliphatic carbocycles. The van der Waals surface area contributed by atoms with Gasteiger partial charge in [-0.1, -0.05) is 18.2 Å². The Morgan fingerprint density at radius 3 is 2.74 bits per heavy atom. The summed E-state index contributed by atoms with van der Waals surface area (Å²) in [7, 11) is 0. The summed E-state index contributed by atoms with van der Waals surface area (Å²) >= 11 is 0. The van der Waals surface area contributed by atoms with E-state index in [1.54, 1.807) is 11.0 Å². The molecule has 6 nitrogen and oxygen atoms in total. The maximum atomic E-state index is 12.9. The number of hydrogen-bond donors (Lipinski definition) is 1. The SMILES string of the molecule is CC(N)C1CCN(C(=O)c2ccccc2Cn2cncn2)CC1. The minimum absolute atomic E-state index is 0.101. The molecule has 2 N–H and O–H groups in total. The highest BCUT2D eigenvalue weighted by molar-refractivity contribution is 5.95. The van der Waals surface area contributed by atoms with Gasteiger partial charge in [0.25, 0.3) is 5.91 Å². The smallest absolute Gasteiger partial charge is 0.254 e. The van der Waals surface area contributed by atoms with Crippen LogP contribution in [0.5, 0.6) is 0 Å². The molecule has 6 heteroatoms. The molecule has 1 unspecified atom stereocenters. The summed E-state index contributed by atoms with van der Waals surface area (Å²) in [5, 5.41) is 4.12. The number of rotatable bonds is 4. The lowest BCUT2D eigenvalue weighted by Gasteiger charge is -2.34. The van der Waals surface area contributed by atoms with Crippen molar-refractivity contribution in [2.24, 2.45) is 11.7 Å². The molecule has 1 aliphatic rings. The topological polar surface area (TPSA) is 77.0 Å². The van der Waals surface area contributed by atoms with Gasteiger partial charge in [-0.15, -0.1) is 0 Å². The molecule has 2 heterocycles. The van der Waals surface area contributed by atoms with Crippen LogP contribution in [0.25, 0.3) is 0 Å². The number of benzene rings is 1. The highest BCUT2D eigenvalue weighted by Gasteiger charge is 2.26. The Balaban J connectivity index is 1.73. The number of nitrogens with two attached hydrogens (primary N) is 1. The number of piperidine rings is 1. The van der Waals surface area contributed by atoms with E-state index in [0.717, 1.165) is 37.1 Å². The number of aromatic nitrogens is 3. The largest absolute Gasteiger partial charge is 0.339 e. The third-order valence-corrected chi connectivity index (χ3v) is 4.62. The lowest BCUT2D eigenvalue weighted by atomic mass is 9.90. The van der Waals surface area contributed by atoms with Crippen LogP contribution < -0.4 is 5.73 Å². The van der Waals surface area contributed by atoms with Crippen molar-refractivity contribution in [3.8, 4) is 0 Å². The molecule has 1 aliphatic heterocycles. The maximum Gasteiger partial charge on any atom is 0.254 e. The summed E-state index contributed by atoms with van der Waals surface area (Å²) in [4.78, 5) is 18.8. The Morgan fingerprint density at radius 2 is 2.09 bits per heavy atom. The van der Waals surface area contributed by atoms with Crippen LogP contribution in [0.15, 0.2) is 36.9 Å². The van der Waals surface area contributed by atoms with Gasteiger partial charge in [-0.2, -0.15) is 5.10 Å². The van der Waals surface area contributed by atoms with E-state index < -0.39 is 0 Å². The number of carbonyl (C=O) groups is 1. The predicted octanol–water partition coefficient (Wildman–Crippen LogP) is 1.53. The van der Waals surface area contributed by atoms with Crippen LogP contribution in [0.4, 0.5) is 0 Å². The van der Waals surface area contributed by atoms with Crippen LogP contribution in [-0.4, -0.2) is 44.7 Å². The van der Waals surface area contributed by atoms with Gasteiger partial charge in [-0.3, -0.25) is 4.79 Å². The van der Waals surface area contributed by atoms with Crippen molar-refractivity contribution in [2.45, 2.75) is 32.4 Å². The van der Waals surface area contributed by atoms with Gasteiger partial charge in [0.15, 0.2) is 0 Å². The summed E-state index contributed by atoms with van der Waals surface area (Å²) in [5.74, 6) is 0.619. The fraction of sp³-hybridized carbons (Fsp3) is 0.471. The molecular formula is C17H23N5O. The van der Waals surface area contributed by atoms with Gasteiger partial charge in [-0.05, 0) is 37.3 Å². The lowest BCUT2D eigenvalue weighted by molar-refractivity contribution is 0.0679. The molecular weight excluding hydrogens is 290 g/mol. The summed E-state index contributed by atoms with van der Waals surface area (Å²) in [6.07, 6.45) is 5.13. The number of amides is 1. The van der Waals surface area contributed by atoms with E-state index in [4.69, 9.17) is 5.73 Å². The van der Waals surface area contributed by atoms with Crippen molar-refractivity contribution in [3.63, 3.8) is 0 Å². The molecule has 0 saturated carbocycles. The zero-order valence-corrected chi connectivity index (χ0v) is 13.4. The lowest BCUT2D eigenvalue weighted by Crippen LogP contribution is -2.42. The van der Waals surface area contributed by atoms with Crippen LogP contribution in [0.2, 0.25) is 0 Å². The number of hydrogen-bond acceptors (Lipinski definition) is 4. The first-order valence-corrected chi connectivity index (χ1v) is 8.10. The van der Waals surface area contributed by atoms with Crippen molar-refractivity contribution in [1.82, 2.24) is 19.7 Å². The zero-order chi connectivity index (χ0) is 16.2. The van der Waals surface area contributed by atoms with Crippen LogP contribution in [0.1, 0.15) is 35.7 Å². The van der Waals surface area contributed by atoms with Crippen LogP contribution in [0, 0.1) is 5.92 Å². The van der Waals surface area contributed by atoms with E-state index in [2.05, 4.69) is 17.0 Å². The number of nitrogens with zero attached hydrogens (tertiary/aromatic N) is 4. The Bertz CT molecular complexity index is 645. The minimum atomic E-state index is 0.101. The molecule has 1 amide bonds. The number of likely N-dealkylation sites (tertiary alicyclic amines) is 1. The Labute approximate surface area is 136 Å². The third-order valence-electron chi connectivity index (χ3n) is 4.62. The summed E-state index contributed by atoms with van der Waals surface area (Å²) in [6, 6.07) is 7.93. The van der Waals surface area contributed by atoms with Gasteiger partial charge in [0.1, 0.15) is 12.7 Å². The molecule has 0 spiro atoms. The van der Waals surface area contributed by atoms with Crippen LogP contribution >= 0.6 is 0 Å². The molecule has 23 heavy (non-hydrogen) atoms. The first-order valence-electron chi connectivity index (χ1n) is 8.10. The molecule has 1 saturated heterocycles. The molecule has 1 aromatic carbocycles. The molecule has 3 rings (SSSR count). The van der Waals surface area contributed by atoms with E-state index in [1.165, 1.54) is 6.33 Å². The van der Waals surface area contributed by atoms with E-state index >= 15 is 0 Å². The fourth-order valence-electron chi connectivity index (χ4n) is 3.15. The minimum Gasteiger partial charge on any atom is -0.339 e. The zero-order valence-electron chi connectivity index (χ0n) is 13.4. The van der Waals surface area contributed by atoms with E-state index in [1.807, 2.05) is 29.2 Å². The average Bonchev–Trinajstić information content (AvgIpc) is 3.08. The summed E-state index contributed by atoms with van der Waals surface area (Å²) in [6.45, 7) is 4.17. The molecule has 1 aromatic heterocycles. The first kappa shape index (κ1) is 15.7. The molecule has 0 radical (unpaired) electrons. The highest BCUT2D eigenvalue weighted by atomic mass is 16.2. The molecule has 1 atom stereocenters. The van der Waals surface area contributed by atoms with Gasteiger partial charge >= 0.3 is 0 Å². The first-order chi connectivity index (χ1) is 11.1. The monoisotopic (exact) mass is 313 g/mol. The van der Waals surface area contributed by atoms with E-state index in [-0.39, 0.29) is 11.9 Å². The third kappa shape index (κ3) is 3.59. The van der Waals surface area contributed by atoms with Crippen LogP contribution in [0.3, 0.4) is 0 Å². The standard InChI is InChI=1S/C17H23N5O/c1-13(18)14-6-8-21(9-7-14)17(23)16-5-3-2-4-15(16)10-22-12-19-11-20-22/h2-5,11-14H,6-10,18H2,1H3. The Morgan fingerprint density at radius 1 is 1.35 bits per heavy atom. The van der Waals surface area contributed by atoms with Gasteiger partial charge in [0.2, 0.25) is 0 Å². The van der Waals surface area contributed by atoms with Crippen molar-refractivity contribution in [2.75, 3.05) is 13.1 Å². The second-order valence-corrected chi connectivity index (χ2v) is 6.24. The predicted molar refractivity (Wildman–Crippen MR) is 87.8 cm³/mol. The molecule has 2 aromatic rings. The average molecular weight is 313 g/mol. The fourth-order valence-corrected chi connectivity index (χ4v) is 3.15. The number of carbonyl (C=O) groups excluding carboxylic acids is 1. The van der Waals surface area contributed by atoms with Gasteiger partial charge < -0.3 is 10.6 Å². The quantitative estimate of drug-likeness (QED) is 0.928. The van der Waals surface area contributed by atoms with Crippen molar-refractivity contribution in [3.05, 3.63) is 48.0 Å². The molecule has 1 fully saturated rings. The maximum absolute atomic E-state index is 12.9. The van der Waals surface area contributed by atoms with E-state index in [0.29, 0.717) is 12.5 Å². The summed E-state index contributed by atoms with van der Waals surface area (Å²) < 4.78 is 1.73. The Hall–Kier alpha value is -2.21. The Kier molecular flexibility index (Phi) is 4.71. The van der Waals surface area contributed by atoms with Crippen molar-refractivity contribution in [1.29, 1.82) is 0 Å². The normalized spacial score (nSPS) is 17.2. The molecule has 122 valence electrons. The summed E-state index contributed by atoms with van der Waals surface area (Å²) in [5.41, 5.74) is 7.70. The second kappa shape index (κ2) is 6.91. The van der Waals surface area contributed by atoms with Crippen molar-refractivity contribution < 1.29 is 4.79 Å². The highest BCUT2D eigenvalue weighted by Crippen LogP contribution is 2.22. The molecule has 0 bridgehead atoms. The van der Waals surface area contributed by atoms with Crippen molar-refractivity contribution >= 4 is 5.91 Å². The van der Waals surface area contributed by atoms with Gasteiger partial charge in [0, 0.05) is 24.7 Å². The van der Waals surface area contributed by atoms with Gasteiger partial charge in [-0.25, -0.2) is 9.67 Å².